The number of carbonyl (C=O) groups is 1. The second kappa shape index (κ2) is 6.25. The zero-order valence-electron chi connectivity index (χ0n) is 12.6. The highest BCUT2D eigenvalue weighted by Gasteiger charge is 2.38. The van der Waals surface area contributed by atoms with E-state index in [-0.39, 0.29) is 11.9 Å². The zero-order chi connectivity index (χ0) is 13.9. The Balaban J connectivity index is 1.85. The van der Waals surface area contributed by atoms with Crippen molar-refractivity contribution in [1.29, 1.82) is 0 Å². The molecule has 0 aromatic rings. The molecule has 3 heteroatoms. The normalized spacial score (nSPS) is 26.9. The Morgan fingerprint density at radius 1 is 1.11 bits per heavy atom. The molecular formula is C16H30N2O. The van der Waals surface area contributed by atoms with Crippen LogP contribution in [0.3, 0.4) is 0 Å². The average molecular weight is 266 g/mol. The number of nitrogens with two attached hydrogens (primary N) is 1. The highest BCUT2D eigenvalue weighted by Crippen LogP contribution is 2.32. The standard InChI is InChI=1S/C16H30N2O/c1-12(14-8-4-3-5-9-14)13(2)18-15(19)16(17)10-6-7-11-16/h12-14H,3-11,17H2,1-2H3,(H,18,19). The molecule has 0 saturated heterocycles. The Kier molecular flexibility index (Phi) is 4.88. The number of rotatable bonds is 4. The third-order valence-electron chi connectivity index (χ3n) is 5.49. The first-order chi connectivity index (χ1) is 9.03. The first kappa shape index (κ1) is 14.8. The van der Waals surface area contributed by atoms with Gasteiger partial charge >= 0.3 is 0 Å². The Labute approximate surface area is 117 Å². The van der Waals surface area contributed by atoms with Gasteiger partial charge in [0.05, 0.1) is 5.54 Å². The maximum atomic E-state index is 12.3. The lowest BCUT2D eigenvalue weighted by Crippen LogP contribution is -2.55. The molecule has 3 N–H and O–H groups in total. The predicted molar refractivity (Wildman–Crippen MR) is 78.7 cm³/mol. The predicted octanol–water partition coefficient (Wildman–Crippen LogP) is 2.98. The van der Waals surface area contributed by atoms with Gasteiger partial charge in [0.15, 0.2) is 0 Å². The maximum absolute atomic E-state index is 12.3. The van der Waals surface area contributed by atoms with E-state index in [0.717, 1.165) is 31.6 Å². The van der Waals surface area contributed by atoms with Crippen LogP contribution in [-0.2, 0) is 4.79 Å². The van der Waals surface area contributed by atoms with Crippen LogP contribution >= 0.6 is 0 Å². The summed E-state index contributed by atoms with van der Waals surface area (Å²) < 4.78 is 0. The summed E-state index contributed by atoms with van der Waals surface area (Å²) in [6.45, 7) is 4.44. The average Bonchev–Trinajstić information content (AvgIpc) is 2.87. The van der Waals surface area contributed by atoms with E-state index in [0.29, 0.717) is 5.92 Å². The lowest BCUT2D eigenvalue weighted by molar-refractivity contribution is -0.127. The quantitative estimate of drug-likeness (QED) is 0.822. The summed E-state index contributed by atoms with van der Waals surface area (Å²) in [4.78, 5) is 12.3. The highest BCUT2D eigenvalue weighted by molar-refractivity contribution is 5.86. The Hall–Kier alpha value is -0.570. The number of hydrogen-bond donors (Lipinski definition) is 2. The summed E-state index contributed by atoms with van der Waals surface area (Å²) in [5.74, 6) is 1.43. The van der Waals surface area contributed by atoms with Gasteiger partial charge in [-0.3, -0.25) is 4.79 Å². The molecule has 2 fully saturated rings. The lowest BCUT2D eigenvalue weighted by atomic mass is 9.78. The molecule has 2 atom stereocenters. The first-order valence-corrected chi connectivity index (χ1v) is 8.13. The largest absolute Gasteiger partial charge is 0.352 e. The van der Waals surface area contributed by atoms with Crippen molar-refractivity contribution in [3.8, 4) is 0 Å². The first-order valence-electron chi connectivity index (χ1n) is 8.13. The van der Waals surface area contributed by atoms with Crippen LogP contribution in [-0.4, -0.2) is 17.5 Å². The van der Waals surface area contributed by atoms with E-state index in [1.807, 2.05) is 0 Å². The van der Waals surface area contributed by atoms with Crippen LogP contribution in [0.4, 0.5) is 0 Å². The fourth-order valence-corrected chi connectivity index (χ4v) is 3.78. The smallest absolute Gasteiger partial charge is 0.240 e. The summed E-state index contributed by atoms with van der Waals surface area (Å²) in [5.41, 5.74) is 5.63. The van der Waals surface area contributed by atoms with Gasteiger partial charge in [0.2, 0.25) is 5.91 Å². The van der Waals surface area contributed by atoms with Gasteiger partial charge in [-0.2, -0.15) is 0 Å². The van der Waals surface area contributed by atoms with Gasteiger partial charge in [-0.15, -0.1) is 0 Å². The van der Waals surface area contributed by atoms with Gasteiger partial charge in [0, 0.05) is 6.04 Å². The van der Waals surface area contributed by atoms with Crippen molar-refractivity contribution < 1.29 is 4.79 Å². The van der Waals surface area contributed by atoms with Crippen molar-refractivity contribution in [3.63, 3.8) is 0 Å². The summed E-state index contributed by atoms with van der Waals surface area (Å²) in [6, 6.07) is 0.247. The highest BCUT2D eigenvalue weighted by atomic mass is 16.2. The van der Waals surface area contributed by atoms with E-state index in [1.165, 1.54) is 32.1 Å². The molecule has 2 aliphatic carbocycles. The van der Waals surface area contributed by atoms with Crippen molar-refractivity contribution in [3.05, 3.63) is 0 Å². The number of carbonyl (C=O) groups excluding carboxylic acids is 1. The molecule has 19 heavy (non-hydrogen) atoms. The number of hydrogen-bond acceptors (Lipinski definition) is 2. The van der Waals surface area contributed by atoms with E-state index in [4.69, 9.17) is 5.73 Å². The van der Waals surface area contributed by atoms with Crippen LogP contribution in [0.25, 0.3) is 0 Å². The van der Waals surface area contributed by atoms with Crippen LogP contribution in [0.1, 0.15) is 71.6 Å². The van der Waals surface area contributed by atoms with E-state index < -0.39 is 5.54 Å². The fourth-order valence-electron chi connectivity index (χ4n) is 3.78. The monoisotopic (exact) mass is 266 g/mol. The van der Waals surface area contributed by atoms with E-state index in [9.17, 15) is 4.79 Å². The SMILES string of the molecule is CC(NC(=O)C1(N)CCCC1)C(C)C1CCCCC1. The van der Waals surface area contributed by atoms with Gasteiger partial charge in [-0.1, -0.05) is 51.9 Å². The van der Waals surface area contributed by atoms with Crippen LogP contribution in [0.5, 0.6) is 0 Å². The van der Waals surface area contributed by atoms with Gasteiger partial charge < -0.3 is 11.1 Å². The van der Waals surface area contributed by atoms with Crippen molar-refractivity contribution in [1.82, 2.24) is 5.32 Å². The molecule has 2 aliphatic rings. The Bertz CT molecular complexity index is 304. The summed E-state index contributed by atoms with van der Waals surface area (Å²) in [6.07, 6.45) is 10.6. The van der Waals surface area contributed by atoms with Gasteiger partial charge in [0.1, 0.15) is 0 Å². The van der Waals surface area contributed by atoms with E-state index in [1.54, 1.807) is 0 Å². The minimum absolute atomic E-state index is 0.0835. The third-order valence-corrected chi connectivity index (χ3v) is 5.49. The molecule has 2 saturated carbocycles. The fraction of sp³-hybridized carbons (Fsp3) is 0.938. The summed E-state index contributed by atoms with van der Waals surface area (Å²) in [5, 5.41) is 3.20. The Morgan fingerprint density at radius 3 is 2.26 bits per heavy atom. The van der Waals surface area contributed by atoms with Gasteiger partial charge in [-0.05, 0) is 31.6 Å². The maximum Gasteiger partial charge on any atom is 0.240 e. The second-order valence-electron chi connectivity index (χ2n) is 6.88. The molecule has 3 nitrogen and oxygen atoms in total. The van der Waals surface area contributed by atoms with Crippen molar-refractivity contribution >= 4 is 5.91 Å². The topological polar surface area (TPSA) is 55.1 Å². The molecule has 0 radical (unpaired) electrons. The number of nitrogens with one attached hydrogen (secondary N) is 1. The van der Waals surface area contributed by atoms with Crippen molar-refractivity contribution in [2.45, 2.75) is 83.2 Å². The molecule has 0 spiro atoms. The van der Waals surface area contributed by atoms with Gasteiger partial charge in [0.25, 0.3) is 0 Å². The van der Waals surface area contributed by atoms with Crippen LogP contribution in [0.2, 0.25) is 0 Å². The van der Waals surface area contributed by atoms with Crippen LogP contribution in [0.15, 0.2) is 0 Å². The molecule has 2 unspecified atom stereocenters. The lowest BCUT2D eigenvalue weighted by Gasteiger charge is -2.34. The minimum Gasteiger partial charge on any atom is -0.352 e. The molecule has 110 valence electrons. The molecule has 0 heterocycles. The van der Waals surface area contributed by atoms with Crippen molar-refractivity contribution in [2.75, 3.05) is 0 Å². The van der Waals surface area contributed by atoms with Crippen molar-refractivity contribution in [2.24, 2.45) is 17.6 Å². The van der Waals surface area contributed by atoms with E-state index >= 15 is 0 Å². The minimum atomic E-state index is -0.583. The van der Waals surface area contributed by atoms with Crippen LogP contribution in [0, 0.1) is 11.8 Å². The molecule has 0 aromatic carbocycles. The second-order valence-corrected chi connectivity index (χ2v) is 6.88. The van der Waals surface area contributed by atoms with Crippen LogP contribution < -0.4 is 11.1 Å². The molecule has 1 amide bonds. The Morgan fingerprint density at radius 2 is 1.68 bits per heavy atom. The summed E-state index contributed by atoms with van der Waals surface area (Å²) in [7, 11) is 0. The molecule has 0 aliphatic heterocycles. The molecular weight excluding hydrogens is 236 g/mol. The van der Waals surface area contributed by atoms with E-state index in [2.05, 4.69) is 19.2 Å². The number of amides is 1. The molecule has 2 rings (SSSR count). The third kappa shape index (κ3) is 3.50. The molecule has 0 bridgehead atoms. The zero-order valence-corrected chi connectivity index (χ0v) is 12.6. The molecule has 0 aromatic heterocycles. The van der Waals surface area contributed by atoms with Gasteiger partial charge in [-0.25, -0.2) is 0 Å². The summed E-state index contributed by atoms with van der Waals surface area (Å²) >= 11 is 0.